The second-order valence-electron chi connectivity index (χ2n) is 6.38. The van der Waals surface area contributed by atoms with Gasteiger partial charge in [-0.15, -0.1) is 0 Å². The third-order valence-electron chi connectivity index (χ3n) is 4.22. The van der Waals surface area contributed by atoms with Gasteiger partial charge in [0.25, 0.3) is 0 Å². The van der Waals surface area contributed by atoms with E-state index in [4.69, 9.17) is 0 Å². The van der Waals surface area contributed by atoms with E-state index in [1.165, 1.54) is 9.21 Å². The van der Waals surface area contributed by atoms with Crippen molar-refractivity contribution >= 4 is 32.4 Å². The van der Waals surface area contributed by atoms with Crippen LogP contribution in [0.4, 0.5) is 5.69 Å². The minimum atomic E-state index is -3.68. The fraction of sp³-hybridized carbons (Fsp3) is 0.353. The molecule has 0 aliphatic carbocycles. The van der Waals surface area contributed by atoms with Gasteiger partial charge in [0.2, 0.25) is 15.9 Å². The van der Waals surface area contributed by atoms with Gasteiger partial charge in [-0.1, -0.05) is 18.2 Å². The smallest absolute Gasteiger partial charge is 0.244 e. The summed E-state index contributed by atoms with van der Waals surface area (Å²) in [7, 11) is 3.46. The highest BCUT2D eigenvalue weighted by Crippen LogP contribution is 2.34. The van der Waals surface area contributed by atoms with E-state index in [1.54, 1.807) is 26.2 Å². The lowest BCUT2D eigenvalue weighted by Gasteiger charge is -2.15. The number of hydrogen-bond acceptors (Lipinski definition) is 4. The molecule has 24 heavy (non-hydrogen) atoms. The molecule has 128 valence electrons. The molecule has 2 unspecified atom stereocenters. The van der Waals surface area contributed by atoms with Crippen LogP contribution in [0.2, 0.25) is 0 Å². The number of nitrogens with zero attached hydrogens (tertiary/aromatic N) is 3. The van der Waals surface area contributed by atoms with E-state index in [2.05, 4.69) is 0 Å². The summed E-state index contributed by atoms with van der Waals surface area (Å²) in [6, 6.07) is 10.3. The van der Waals surface area contributed by atoms with Crippen molar-refractivity contribution < 1.29 is 13.2 Å². The maximum atomic E-state index is 12.9. The van der Waals surface area contributed by atoms with Gasteiger partial charge in [-0.25, -0.2) is 8.42 Å². The van der Waals surface area contributed by atoms with Gasteiger partial charge in [-0.3, -0.25) is 4.79 Å². The molecular formula is C17H21N3O3S. The number of sulfonamides is 1. The predicted molar refractivity (Wildman–Crippen MR) is 94.6 cm³/mol. The number of benzene rings is 2. The molecule has 0 saturated carbocycles. The normalized spacial score (nSPS) is 20.0. The molecule has 1 aliphatic rings. The van der Waals surface area contributed by atoms with Crippen LogP contribution in [0, 0.1) is 0 Å². The van der Waals surface area contributed by atoms with Gasteiger partial charge in [-0.2, -0.15) is 4.31 Å². The third-order valence-corrected chi connectivity index (χ3v) is 6.15. The van der Waals surface area contributed by atoms with Gasteiger partial charge >= 0.3 is 0 Å². The molecule has 1 aliphatic heterocycles. The van der Waals surface area contributed by atoms with E-state index in [0.717, 1.165) is 11.1 Å². The van der Waals surface area contributed by atoms with Crippen LogP contribution in [0.3, 0.4) is 0 Å². The lowest BCUT2D eigenvalue weighted by molar-refractivity contribution is -0.128. The summed E-state index contributed by atoms with van der Waals surface area (Å²) in [6.45, 7) is 0.242. The lowest BCUT2D eigenvalue weighted by Crippen LogP contribution is -2.30. The number of carbonyl (C=O) groups excluding carboxylic acids is 1. The van der Waals surface area contributed by atoms with Crippen LogP contribution in [0.1, 0.15) is 0 Å². The fourth-order valence-corrected chi connectivity index (χ4v) is 4.49. The van der Waals surface area contributed by atoms with Crippen LogP contribution in [-0.2, 0) is 14.8 Å². The molecule has 0 aromatic heterocycles. The Hall–Kier alpha value is -2.12. The standard InChI is InChI=1S/C17H21N3O3S/c1-18(2)13-8-9-14-12(10-13)6-5-7-16(14)24(22,23)20-11-15(20)17(21)19(3)4/h5-10,15H,11H2,1-4H3. The van der Waals surface area contributed by atoms with E-state index in [1.807, 2.05) is 43.3 Å². The first kappa shape index (κ1) is 16.7. The average molecular weight is 347 g/mol. The number of hydrogen-bond donors (Lipinski definition) is 0. The summed E-state index contributed by atoms with van der Waals surface area (Å²) in [5.74, 6) is -0.186. The molecule has 1 fully saturated rings. The second-order valence-corrected chi connectivity index (χ2v) is 8.24. The van der Waals surface area contributed by atoms with Crippen LogP contribution in [0.15, 0.2) is 41.3 Å². The molecule has 0 spiro atoms. The quantitative estimate of drug-likeness (QED) is 0.784. The molecule has 1 amide bonds. The fourth-order valence-electron chi connectivity index (χ4n) is 2.76. The summed E-state index contributed by atoms with van der Waals surface area (Å²) >= 11 is 0. The maximum absolute atomic E-state index is 12.9. The Bertz CT molecular complexity index is 906. The number of rotatable bonds is 4. The molecular weight excluding hydrogens is 326 g/mol. The Morgan fingerprint density at radius 1 is 1.12 bits per heavy atom. The molecule has 1 saturated heterocycles. The van der Waals surface area contributed by atoms with Crippen LogP contribution in [-0.4, -0.2) is 64.3 Å². The molecule has 2 atom stereocenters. The zero-order valence-electron chi connectivity index (χ0n) is 14.2. The molecule has 1 heterocycles. The van der Waals surface area contributed by atoms with Gasteiger partial charge in [0.05, 0.1) is 4.90 Å². The SMILES string of the molecule is CN(C)C(=O)C1CN1S(=O)(=O)c1cccc2cc(N(C)C)ccc12. The van der Waals surface area contributed by atoms with E-state index in [9.17, 15) is 13.2 Å². The molecule has 0 radical (unpaired) electrons. The summed E-state index contributed by atoms with van der Waals surface area (Å²) in [5, 5.41) is 1.53. The van der Waals surface area contributed by atoms with E-state index >= 15 is 0 Å². The number of carbonyl (C=O) groups is 1. The van der Waals surface area contributed by atoms with Crippen molar-refractivity contribution in [3.63, 3.8) is 0 Å². The molecule has 6 nitrogen and oxygen atoms in total. The molecule has 0 N–H and O–H groups in total. The van der Waals surface area contributed by atoms with Gasteiger partial charge in [-0.05, 0) is 23.6 Å². The Morgan fingerprint density at radius 2 is 1.83 bits per heavy atom. The predicted octanol–water partition coefficient (Wildman–Crippen LogP) is 1.37. The van der Waals surface area contributed by atoms with Crippen molar-refractivity contribution in [1.29, 1.82) is 0 Å². The number of anilines is 1. The summed E-state index contributed by atoms with van der Waals surface area (Å²) < 4.78 is 27.1. The van der Waals surface area contributed by atoms with Crippen molar-refractivity contribution in [2.24, 2.45) is 0 Å². The summed E-state index contributed by atoms with van der Waals surface area (Å²) in [4.78, 5) is 15.6. The van der Waals surface area contributed by atoms with Crippen molar-refractivity contribution in [3.8, 4) is 0 Å². The van der Waals surface area contributed by atoms with Crippen molar-refractivity contribution in [3.05, 3.63) is 36.4 Å². The zero-order chi connectivity index (χ0) is 17.6. The number of amides is 1. The van der Waals surface area contributed by atoms with E-state index < -0.39 is 16.1 Å². The Labute approximate surface area is 142 Å². The van der Waals surface area contributed by atoms with E-state index in [-0.39, 0.29) is 17.3 Å². The topological polar surface area (TPSA) is 60.7 Å². The van der Waals surface area contributed by atoms with Gasteiger partial charge in [0, 0.05) is 45.8 Å². The second kappa shape index (κ2) is 5.75. The van der Waals surface area contributed by atoms with Crippen molar-refractivity contribution in [1.82, 2.24) is 9.21 Å². The van der Waals surface area contributed by atoms with E-state index in [0.29, 0.717) is 5.39 Å². The summed E-state index contributed by atoms with van der Waals surface area (Å²) in [6.07, 6.45) is 0. The van der Waals surface area contributed by atoms with Gasteiger partial charge in [0.15, 0.2) is 0 Å². The monoisotopic (exact) mass is 347 g/mol. The minimum absolute atomic E-state index is 0.186. The Balaban J connectivity index is 2.02. The highest BCUT2D eigenvalue weighted by molar-refractivity contribution is 7.89. The van der Waals surface area contributed by atoms with Crippen LogP contribution >= 0.6 is 0 Å². The average Bonchev–Trinajstić information content (AvgIpc) is 3.34. The van der Waals surface area contributed by atoms with Crippen LogP contribution < -0.4 is 4.90 Å². The van der Waals surface area contributed by atoms with Crippen LogP contribution in [0.5, 0.6) is 0 Å². The largest absolute Gasteiger partial charge is 0.378 e. The lowest BCUT2D eigenvalue weighted by atomic mass is 10.1. The van der Waals surface area contributed by atoms with Gasteiger partial charge in [0.1, 0.15) is 6.04 Å². The molecule has 3 rings (SSSR count). The first-order valence-corrected chi connectivity index (χ1v) is 9.10. The summed E-state index contributed by atoms with van der Waals surface area (Å²) in [5.41, 5.74) is 1.00. The molecule has 7 heteroatoms. The molecule has 2 aromatic rings. The highest BCUT2D eigenvalue weighted by Gasteiger charge is 2.50. The van der Waals surface area contributed by atoms with Crippen molar-refractivity contribution in [2.45, 2.75) is 10.9 Å². The Morgan fingerprint density at radius 3 is 2.46 bits per heavy atom. The molecule has 2 aromatic carbocycles. The molecule has 0 bridgehead atoms. The number of likely N-dealkylation sites (N-methyl/N-ethyl adjacent to an activating group) is 1. The number of fused-ring (bicyclic) bond motifs is 1. The van der Waals surface area contributed by atoms with Crippen LogP contribution in [0.25, 0.3) is 10.8 Å². The van der Waals surface area contributed by atoms with Gasteiger partial charge < -0.3 is 9.80 Å². The highest BCUT2D eigenvalue weighted by atomic mass is 32.2. The maximum Gasteiger partial charge on any atom is 0.244 e. The first-order chi connectivity index (χ1) is 11.2. The van der Waals surface area contributed by atoms with Crippen molar-refractivity contribution in [2.75, 3.05) is 39.6 Å². The first-order valence-electron chi connectivity index (χ1n) is 7.66. The zero-order valence-corrected chi connectivity index (χ0v) is 15.0. The Kier molecular flexibility index (Phi) is 4.01. The third kappa shape index (κ3) is 2.74. The minimum Gasteiger partial charge on any atom is -0.378 e.